The highest BCUT2D eigenvalue weighted by molar-refractivity contribution is 7.98. The van der Waals surface area contributed by atoms with Crippen molar-refractivity contribution in [3.8, 4) is 0 Å². The zero-order chi connectivity index (χ0) is 14.8. The van der Waals surface area contributed by atoms with Gasteiger partial charge in [0.15, 0.2) is 0 Å². The Labute approximate surface area is 122 Å². The number of benzene rings is 1. The molecule has 0 saturated carbocycles. The van der Waals surface area contributed by atoms with Gasteiger partial charge in [-0.05, 0) is 30.9 Å². The SMILES string of the molecule is CSCC(C)(O)CNC(=O)c1ccc2c(c1)NC(=O)C2. The van der Waals surface area contributed by atoms with E-state index in [9.17, 15) is 14.7 Å². The Kier molecular flexibility index (Phi) is 4.35. The number of carbonyl (C=O) groups excluding carboxylic acids is 2. The molecule has 1 aliphatic rings. The number of thioether (sulfide) groups is 1. The third kappa shape index (κ3) is 3.52. The van der Waals surface area contributed by atoms with Crippen LogP contribution >= 0.6 is 11.8 Å². The van der Waals surface area contributed by atoms with Crippen molar-refractivity contribution in [2.24, 2.45) is 0 Å². The Balaban J connectivity index is 2.00. The zero-order valence-corrected chi connectivity index (χ0v) is 12.3. The van der Waals surface area contributed by atoms with E-state index in [1.807, 2.05) is 6.26 Å². The lowest BCUT2D eigenvalue weighted by molar-refractivity contribution is -0.115. The molecule has 0 saturated heterocycles. The molecular weight excluding hydrogens is 276 g/mol. The molecule has 0 spiro atoms. The molecule has 1 aliphatic heterocycles. The van der Waals surface area contributed by atoms with Crippen LogP contribution in [0.2, 0.25) is 0 Å². The van der Waals surface area contributed by atoms with Gasteiger partial charge in [0.25, 0.3) is 5.91 Å². The standard InChI is InChI=1S/C14H18N2O3S/c1-14(19,8-20-2)7-15-13(18)10-4-3-9-6-12(17)16-11(9)5-10/h3-5,19H,6-8H2,1-2H3,(H,15,18)(H,16,17). The van der Waals surface area contributed by atoms with Gasteiger partial charge in [-0.25, -0.2) is 0 Å². The van der Waals surface area contributed by atoms with E-state index in [0.717, 1.165) is 5.56 Å². The normalized spacial score (nSPS) is 16.2. The number of nitrogens with one attached hydrogen (secondary N) is 2. The van der Waals surface area contributed by atoms with Gasteiger partial charge in [0.05, 0.1) is 12.0 Å². The van der Waals surface area contributed by atoms with Gasteiger partial charge in [-0.2, -0.15) is 11.8 Å². The predicted molar refractivity (Wildman–Crippen MR) is 80.1 cm³/mol. The van der Waals surface area contributed by atoms with Gasteiger partial charge in [-0.15, -0.1) is 0 Å². The molecule has 108 valence electrons. The Morgan fingerprint density at radius 3 is 3.00 bits per heavy atom. The first-order valence-electron chi connectivity index (χ1n) is 6.33. The number of anilines is 1. The van der Waals surface area contributed by atoms with Gasteiger partial charge >= 0.3 is 0 Å². The maximum absolute atomic E-state index is 12.0. The smallest absolute Gasteiger partial charge is 0.251 e. The molecule has 5 nitrogen and oxygen atoms in total. The molecule has 1 heterocycles. The van der Waals surface area contributed by atoms with Crippen LogP contribution in [0, 0.1) is 0 Å². The third-order valence-corrected chi connectivity index (χ3v) is 3.99. The molecule has 1 unspecified atom stereocenters. The molecule has 0 aromatic heterocycles. The van der Waals surface area contributed by atoms with Crippen LogP contribution in [-0.4, -0.2) is 41.1 Å². The van der Waals surface area contributed by atoms with Crippen molar-refractivity contribution in [2.45, 2.75) is 18.9 Å². The first-order chi connectivity index (χ1) is 9.41. The summed E-state index contributed by atoms with van der Waals surface area (Å²) in [6.45, 7) is 1.88. The Morgan fingerprint density at radius 1 is 1.55 bits per heavy atom. The number of hydrogen-bond acceptors (Lipinski definition) is 4. The van der Waals surface area contributed by atoms with E-state index in [1.54, 1.807) is 25.1 Å². The van der Waals surface area contributed by atoms with Crippen molar-refractivity contribution in [3.63, 3.8) is 0 Å². The molecule has 1 aromatic rings. The lowest BCUT2D eigenvalue weighted by Gasteiger charge is -2.22. The summed E-state index contributed by atoms with van der Waals surface area (Å²) in [6.07, 6.45) is 2.26. The molecule has 20 heavy (non-hydrogen) atoms. The number of amides is 2. The summed E-state index contributed by atoms with van der Waals surface area (Å²) >= 11 is 1.52. The van der Waals surface area contributed by atoms with Crippen molar-refractivity contribution in [1.29, 1.82) is 0 Å². The lowest BCUT2D eigenvalue weighted by atomic mass is 10.1. The highest BCUT2D eigenvalue weighted by Gasteiger charge is 2.22. The molecular formula is C14H18N2O3S. The van der Waals surface area contributed by atoms with Gasteiger partial charge in [0.2, 0.25) is 5.91 Å². The van der Waals surface area contributed by atoms with Crippen LogP contribution < -0.4 is 10.6 Å². The molecule has 1 atom stereocenters. The fraction of sp³-hybridized carbons (Fsp3) is 0.429. The molecule has 0 aliphatic carbocycles. The van der Waals surface area contributed by atoms with Crippen molar-refractivity contribution in [2.75, 3.05) is 23.9 Å². The molecule has 0 fully saturated rings. The zero-order valence-electron chi connectivity index (χ0n) is 11.5. The van der Waals surface area contributed by atoms with Crippen LogP contribution in [-0.2, 0) is 11.2 Å². The summed E-state index contributed by atoms with van der Waals surface area (Å²) in [4.78, 5) is 23.3. The summed E-state index contributed by atoms with van der Waals surface area (Å²) in [5.74, 6) is 0.240. The quantitative estimate of drug-likeness (QED) is 0.758. The van der Waals surface area contributed by atoms with E-state index in [0.29, 0.717) is 23.4 Å². The highest BCUT2D eigenvalue weighted by atomic mass is 32.2. The molecule has 2 rings (SSSR count). The van der Waals surface area contributed by atoms with Crippen molar-refractivity contribution in [1.82, 2.24) is 5.32 Å². The Morgan fingerprint density at radius 2 is 2.30 bits per heavy atom. The Hall–Kier alpha value is -1.53. The van der Waals surface area contributed by atoms with Gasteiger partial charge in [0.1, 0.15) is 0 Å². The second-order valence-electron chi connectivity index (χ2n) is 5.21. The van der Waals surface area contributed by atoms with E-state index in [1.165, 1.54) is 11.8 Å². The molecule has 0 bridgehead atoms. The average molecular weight is 294 g/mol. The monoisotopic (exact) mass is 294 g/mol. The maximum atomic E-state index is 12.0. The first kappa shape index (κ1) is 14.9. The minimum absolute atomic E-state index is 0.0551. The van der Waals surface area contributed by atoms with Crippen LogP contribution in [0.5, 0.6) is 0 Å². The van der Waals surface area contributed by atoms with Gasteiger partial charge in [-0.1, -0.05) is 6.07 Å². The lowest BCUT2D eigenvalue weighted by Crippen LogP contribution is -2.42. The first-order valence-corrected chi connectivity index (χ1v) is 7.73. The minimum atomic E-state index is -0.931. The number of carbonyl (C=O) groups is 2. The summed E-state index contributed by atoms with van der Waals surface area (Å²) in [5, 5.41) is 15.4. The second-order valence-corrected chi connectivity index (χ2v) is 6.08. The fourth-order valence-electron chi connectivity index (χ4n) is 2.09. The number of fused-ring (bicyclic) bond motifs is 1. The number of aliphatic hydroxyl groups is 1. The van der Waals surface area contributed by atoms with E-state index in [2.05, 4.69) is 10.6 Å². The van der Waals surface area contributed by atoms with Crippen LogP contribution in [0.4, 0.5) is 5.69 Å². The molecule has 3 N–H and O–H groups in total. The molecule has 0 radical (unpaired) electrons. The van der Waals surface area contributed by atoms with Crippen LogP contribution in [0.25, 0.3) is 0 Å². The van der Waals surface area contributed by atoms with E-state index >= 15 is 0 Å². The number of rotatable bonds is 5. The van der Waals surface area contributed by atoms with Crippen LogP contribution in [0.3, 0.4) is 0 Å². The molecule has 2 amide bonds. The summed E-state index contributed by atoms with van der Waals surface area (Å²) < 4.78 is 0. The molecule has 6 heteroatoms. The summed E-state index contributed by atoms with van der Waals surface area (Å²) in [5.41, 5.74) is 1.14. The highest BCUT2D eigenvalue weighted by Crippen LogP contribution is 2.24. The summed E-state index contributed by atoms with van der Waals surface area (Å²) in [7, 11) is 0. The fourth-order valence-corrected chi connectivity index (χ4v) is 2.81. The average Bonchev–Trinajstić information content (AvgIpc) is 2.75. The summed E-state index contributed by atoms with van der Waals surface area (Å²) in [6, 6.07) is 5.14. The van der Waals surface area contributed by atoms with Crippen molar-refractivity contribution in [3.05, 3.63) is 29.3 Å². The largest absolute Gasteiger partial charge is 0.387 e. The maximum Gasteiger partial charge on any atom is 0.251 e. The van der Waals surface area contributed by atoms with E-state index in [-0.39, 0.29) is 18.4 Å². The van der Waals surface area contributed by atoms with Crippen molar-refractivity contribution < 1.29 is 14.7 Å². The van der Waals surface area contributed by atoms with Gasteiger partial charge in [-0.3, -0.25) is 9.59 Å². The predicted octanol–water partition coefficient (Wildman–Crippen LogP) is 1.02. The minimum Gasteiger partial charge on any atom is -0.387 e. The third-order valence-electron chi connectivity index (χ3n) is 3.08. The van der Waals surface area contributed by atoms with Crippen LogP contribution in [0.1, 0.15) is 22.8 Å². The van der Waals surface area contributed by atoms with E-state index in [4.69, 9.17) is 0 Å². The Bertz CT molecular complexity index is 543. The van der Waals surface area contributed by atoms with Gasteiger partial charge in [0, 0.05) is 23.5 Å². The van der Waals surface area contributed by atoms with E-state index < -0.39 is 5.60 Å². The topological polar surface area (TPSA) is 78.4 Å². The molecule has 1 aromatic carbocycles. The van der Waals surface area contributed by atoms with Gasteiger partial charge < -0.3 is 15.7 Å². The number of hydrogen-bond donors (Lipinski definition) is 3. The second kappa shape index (κ2) is 5.85. The van der Waals surface area contributed by atoms with Crippen molar-refractivity contribution >= 4 is 29.3 Å². The van der Waals surface area contributed by atoms with Crippen LogP contribution in [0.15, 0.2) is 18.2 Å².